The Morgan fingerprint density at radius 2 is 0.830 bits per heavy atom. The number of rotatable bonds is 41. The minimum atomic E-state index is -1.11. The summed E-state index contributed by atoms with van der Waals surface area (Å²) in [4.78, 5) is 12.5. The summed E-state index contributed by atoms with van der Waals surface area (Å²) in [6.07, 6.45) is 55.7. The maximum absolute atomic E-state index is 12.5. The van der Waals surface area contributed by atoms with Crippen molar-refractivity contribution in [1.29, 1.82) is 0 Å². The first-order chi connectivity index (χ1) is 26.1. The van der Waals surface area contributed by atoms with Gasteiger partial charge in [0.05, 0.1) is 18.8 Å². The Morgan fingerprint density at radius 1 is 0.472 bits per heavy atom. The summed E-state index contributed by atoms with van der Waals surface area (Å²) < 4.78 is 0. The predicted molar refractivity (Wildman–Crippen MR) is 231 cm³/mol. The zero-order valence-corrected chi connectivity index (χ0v) is 35.1. The number of carbonyl (C=O) groups is 1. The van der Waals surface area contributed by atoms with Gasteiger partial charge in [0, 0.05) is 0 Å². The van der Waals surface area contributed by atoms with Gasteiger partial charge in [-0.25, -0.2) is 0 Å². The molecule has 0 rings (SSSR count). The third-order valence-corrected chi connectivity index (χ3v) is 10.4. The molecule has 0 aromatic carbocycles. The number of unbranched alkanes of at least 4 members (excludes halogenated alkanes) is 28. The van der Waals surface area contributed by atoms with E-state index < -0.39 is 24.2 Å². The van der Waals surface area contributed by atoms with Gasteiger partial charge in [-0.2, -0.15) is 0 Å². The maximum Gasteiger partial charge on any atom is 0.249 e. The summed E-state index contributed by atoms with van der Waals surface area (Å²) in [5.41, 5.74) is 0. The van der Waals surface area contributed by atoms with Crippen molar-refractivity contribution in [3.05, 3.63) is 48.6 Å². The van der Waals surface area contributed by atoms with Crippen molar-refractivity contribution in [2.24, 2.45) is 0 Å². The summed E-state index contributed by atoms with van der Waals surface area (Å²) >= 11 is 0. The van der Waals surface area contributed by atoms with E-state index in [2.05, 4.69) is 55.6 Å². The number of aliphatic hydroxyl groups is 3. The Balaban J connectivity index is 3.71. The smallest absolute Gasteiger partial charge is 0.249 e. The third-order valence-electron chi connectivity index (χ3n) is 10.4. The predicted octanol–water partition coefficient (Wildman–Crippen LogP) is 13.3. The fourth-order valence-electron chi connectivity index (χ4n) is 6.78. The van der Waals surface area contributed by atoms with E-state index in [-0.39, 0.29) is 6.61 Å². The number of aliphatic hydroxyl groups excluding tert-OH is 3. The molecule has 0 aromatic heterocycles. The monoisotopic (exact) mass is 744 g/mol. The molecule has 4 N–H and O–H groups in total. The van der Waals surface area contributed by atoms with Gasteiger partial charge in [0.25, 0.3) is 0 Å². The van der Waals surface area contributed by atoms with Crippen LogP contribution in [0, 0.1) is 0 Å². The van der Waals surface area contributed by atoms with Crippen LogP contribution in [-0.4, -0.2) is 46.1 Å². The van der Waals surface area contributed by atoms with Crippen LogP contribution in [0.25, 0.3) is 0 Å². The normalized spacial score (nSPS) is 14.0. The molecule has 3 atom stereocenters. The third kappa shape index (κ3) is 38.4. The Bertz CT molecular complexity index is 866. The Labute approximate surface area is 329 Å². The lowest BCUT2D eigenvalue weighted by molar-refractivity contribution is -0.131. The molecule has 0 aromatic rings. The van der Waals surface area contributed by atoms with E-state index in [1.54, 1.807) is 6.08 Å². The van der Waals surface area contributed by atoms with Crippen molar-refractivity contribution in [1.82, 2.24) is 5.32 Å². The highest BCUT2D eigenvalue weighted by Crippen LogP contribution is 2.15. The standard InChI is InChI=1S/C48H89NO4/c1-3-5-7-9-11-13-15-17-19-21-23-24-25-27-28-30-32-34-36-38-40-42-46(51)45(44-50)49-48(53)47(52)43-41-39-37-35-33-31-29-26-22-20-18-16-14-12-10-8-6-4-2/h12,14,16,18,32,34,40,42,45-47,50-52H,3-11,13,15,17,19-31,33,35-39,41,43-44H2,1-2H3,(H,49,53)/b14-12-,18-16-,34-32+,42-40+. The summed E-state index contributed by atoms with van der Waals surface area (Å²) in [7, 11) is 0. The van der Waals surface area contributed by atoms with E-state index in [1.807, 2.05) is 6.08 Å². The molecule has 0 saturated carbocycles. The summed E-state index contributed by atoms with van der Waals surface area (Å²) in [6.45, 7) is 4.15. The second-order valence-corrected chi connectivity index (χ2v) is 15.6. The van der Waals surface area contributed by atoms with Crippen LogP contribution in [0.15, 0.2) is 48.6 Å². The molecule has 0 heterocycles. The van der Waals surface area contributed by atoms with Crippen molar-refractivity contribution in [3.63, 3.8) is 0 Å². The number of hydrogen-bond donors (Lipinski definition) is 4. The molecular weight excluding hydrogens is 655 g/mol. The molecule has 53 heavy (non-hydrogen) atoms. The minimum absolute atomic E-state index is 0.379. The van der Waals surface area contributed by atoms with Gasteiger partial charge in [0.1, 0.15) is 6.10 Å². The Morgan fingerprint density at radius 3 is 1.30 bits per heavy atom. The van der Waals surface area contributed by atoms with Crippen LogP contribution in [0.5, 0.6) is 0 Å². The number of allylic oxidation sites excluding steroid dienone is 7. The molecule has 0 spiro atoms. The van der Waals surface area contributed by atoms with Gasteiger partial charge >= 0.3 is 0 Å². The molecular formula is C48H89NO4. The largest absolute Gasteiger partial charge is 0.394 e. The number of carbonyl (C=O) groups excluding carboxylic acids is 1. The second-order valence-electron chi connectivity index (χ2n) is 15.6. The zero-order valence-electron chi connectivity index (χ0n) is 35.1. The van der Waals surface area contributed by atoms with Crippen molar-refractivity contribution >= 4 is 5.91 Å². The van der Waals surface area contributed by atoms with E-state index in [4.69, 9.17) is 0 Å². The SMILES string of the molecule is CCCCC/C=C\C=C/CCCCCCCCCCCC(O)C(=O)NC(CO)C(O)/C=C/CC/C=C/CCCCCCCCCCCCCCCCC. The average molecular weight is 744 g/mol. The molecule has 0 aliphatic carbocycles. The van der Waals surface area contributed by atoms with Crippen LogP contribution < -0.4 is 5.32 Å². The molecule has 5 heteroatoms. The molecule has 0 aliphatic heterocycles. The van der Waals surface area contributed by atoms with Crippen molar-refractivity contribution in [2.75, 3.05) is 6.61 Å². The fraction of sp³-hybridized carbons (Fsp3) is 0.812. The Hall–Kier alpha value is -1.69. The van der Waals surface area contributed by atoms with Crippen molar-refractivity contribution in [3.8, 4) is 0 Å². The van der Waals surface area contributed by atoms with Crippen LogP contribution in [0.2, 0.25) is 0 Å². The fourth-order valence-corrected chi connectivity index (χ4v) is 6.78. The second kappa shape index (κ2) is 43.0. The number of nitrogens with one attached hydrogen (secondary N) is 1. The number of hydrogen-bond acceptors (Lipinski definition) is 4. The lowest BCUT2D eigenvalue weighted by atomic mass is 10.0. The van der Waals surface area contributed by atoms with Gasteiger partial charge in [0.15, 0.2) is 0 Å². The molecule has 0 bridgehead atoms. The maximum atomic E-state index is 12.5. The number of amides is 1. The van der Waals surface area contributed by atoms with E-state index in [9.17, 15) is 20.1 Å². The van der Waals surface area contributed by atoms with Gasteiger partial charge in [0.2, 0.25) is 5.91 Å². The van der Waals surface area contributed by atoms with Gasteiger partial charge in [-0.3, -0.25) is 4.79 Å². The minimum Gasteiger partial charge on any atom is -0.394 e. The van der Waals surface area contributed by atoms with E-state index in [0.29, 0.717) is 6.42 Å². The highest BCUT2D eigenvalue weighted by atomic mass is 16.3. The van der Waals surface area contributed by atoms with Crippen LogP contribution in [-0.2, 0) is 4.79 Å². The summed E-state index contributed by atoms with van der Waals surface area (Å²) in [5.74, 6) is -0.518. The van der Waals surface area contributed by atoms with Gasteiger partial charge in [-0.1, -0.05) is 217 Å². The lowest BCUT2D eigenvalue weighted by Crippen LogP contribution is -2.48. The summed E-state index contributed by atoms with van der Waals surface area (Å²) in [5, 5.41) is 33.2. The molecule has 5 nitrogen and oxygen atoms in total. The molecule has 0 saturated heterocycles. The molecule has 1 amide bonds. The topological polar surface area (TPSA) is 89.8 Å². The summed E-state index contributed by atoms with van der Waals surface area (Å²) in [6, 6.07) is -0.817. The molecule has 0 fully saturated rings. The van der Waals surface area contributed by atoms with Crippen LogP contribution in [0.3, 0.4) is 0 Å². The van der Waals surface area contributed by atoms with Crippen LogP contribution >= 0.6 is 0 Å². The zero-order chi connectivity index (χ0) is 38.7. The highest BCUT2D eigenvalue weighted by molar-refractivity contribution is 5.80. The molecule has 310 valence electrons. The van der Waals surface area contributed by atoms with Gasteiger partial charge in [-0.15, -0.1) is 0 Å². The first-order valence-electron chi connectivity index (χ1n) is 23.0. The van der Waals surface area contributed by atoms with Crippen LogP contribution in [0.4, 0.5) is 0 Å². The van der Waals surface area contributed by atoms with Gasteiger partial charge in [-0.05, 0) is 57.8 Å². The van der Waals surface area contributed by atoms with Crippen molar-refractivity contribution < 1.29 is 20.1 Å². The highest BCUT2D eigenvalue weighted by Gasteiger charge is 2.22. The van der Waals surface area contributed by atoms with E-state index in [1.165, 1.54) is 167 Å². The molecule has 0 radical (unpaired) electrons. The quantitative estimate of drug-likeness (QED) is 0.0285. The van der Waals surface area contributed by atoms with Gasteiger partial charge < -0.3 is 20.6 Å². The first-order valence-corrected chi connectivity index (χ1v) is 23.0. The first kappa shape index (κ1) is 51.3. The van der Waals surface area contributed by atoms with Crippen molar-refractivity contribution in [2.45, 2.75) is 244 Å². The lowest BCUT2D eigenvalue weighted by Gasteiger charge is -2.21. The van der Waals surface area contributed by atoms with E-state index >= 15 is 0 Å². The molecule has 3 unspecified atom stereocenters. The average Bonchev–Trinajstić information content (AvgIpc) is 3.16. The Kier molecular flexibility index (Phi) is 41.7. The van der Waals surface area contributed by atoms with E-state index in [0.717, 1.165) is 38.5 Å². The molecule has 0 aliphatic rings. The van der Waals surface area contributed by atoms with Crippen LogP contribution in [0.1, 0.15) is 226 Å².